The number of carboxylic acid groups (broad SMARTS) is 1. The van der Waals surface area contributed by atoms with Crippen LogP contribution in [0, 0.1) is 0 Å². The highest BCUT2D eigenvalue weighted by Gasteiger charge is 2.32. The van der Waals surface area contributed by atoms with Crippen molar-refractivity contribution in [3.8, 4) is 0 Å². The molecule has 2 atom stereocenters. The third-order valence-electron chi connectivity index (χ3n) is 3.33. The molecule has 1 N–H and O–H groups in total. The van der Waals surface area contributed by atoms with Gasteiger partial charge in [-0.1, -0.05) is 6.42 Å². The van der Waals surface area contributed by atoms with Gasteiger partial charge in [-0.3, -0.25) is 9.69 Å². The van der Waals surface area contributed by atoms with Gasteiger partial charge in [0.1, 0.15) is 6.04 Å². The number of nitrogens with zero attached hydrogens (tertiary/aromatic N) is 1. The van der Waals surface area contributed by atoms with Gasteiger partial charge in [-0.2, -0.15) is 0 Å². The molecule has 0 aliphatic carbocycles. The molecule has 0 bridgehead atoms. The molecule has 0 spiro atoms. The number of aliphatic carboxylic acids is 1. The van der Waals surface area contributed by atoms with Crippen molar-refractivity contribution in [1.29, 1.82) is 0 Å². The number of halogens is 1. The first-order valence-corrected chi connectivity index (χ1v) is 7.44. The lowest BCUT2D eigenvalue weighted by Crippen LogP contribution is -2.45. The third-order valence-corrected chi connectivity index (χ3v) is 5.13. The smallest absolute Gasteiger partial charge is 0.320 e. The lowest BCUT2D eigenvalue weighted by atomic mass is 10.00. The zero-order chi connectivity index (χ0) is 12.4. The van der Waals surface area contributed by atoms with Gasteiger partial charge in [-0.05, 0) is 54.4 Å². The summed E-state index contributed by atoms with van der Waals surface area (Å²) in [5.74, 6) is -0.688. The fourth-order valence-electron chi connectivity index (χ4n) is 2.40. The number of rotatable bonds is 3. The average Bonchev–Trinajstić information content (AvgIpc) is 2.75. The van der Waals surface area contributed by atoms with Crippen molar-refractivity contribution < 1.29 is 9.90 Å². The topological polar surface area (TPSA) is 40.5 Å². The standard InChI is InChI=1S/C12H16BrNO2S/c1-8(10-5-6-11(13)17-10)14-7-3-2-4-9(14)12(15)16/h5-6,8-9H,2-4,7H2,1H3,(H,15,16). The van der Waals surface area contributed by atoms with Gasteiger partial charge in [-0.15, -0.1) is 11.3 Å². The largest absolute Gasteiger partial charge is 0.480 e. The van der Waals surface area contributed by atoms with Crippen molar-refractivity contribution in [2.75, 3.05) is 6.54 Å². The van der Waals surface area contributed by atoms with Crippen LogP contribution in [0.4, 0.5) is 0 Å². The zero-order valence-corrected chi connectivity index (χ0v) is 12.1. The van der Waals surface area contributed by atoms with Gasteiger partial charge in [-0.25, -0.2) is 0 Å². The van der Waals surface area contributed by atoms with E-state index in [1.54, 1.807) is 11.3 Å². The SMILES string of the molecule is CC(c1ccc(Br)s1)N1CCCCC1C(=O)O. The lowest BCUT2D eigenvalue weighted by Gasteiger charge is -2.37. The van der Waals surface area contributed by atoms with Crippen LogP contribution in [0.25, 0.3) is 0 Å². The predicted octanol–water partition coefficient (Wildman–Crippen LogP) is 3.51. The van der Waals surface area contributed by atoms with Crippen LogP contribution in [0.3, 0.4) is 0 Å². The van der Waals surface area contributed by atoms with Crippen LogP contribution in [0.2, 0.25) is 0 Å². The van der Waals surface area contributed by atoms with E-state index in [0.29, 0.717) is 0 Å². The molecule has 2 rings (SSSR count). The minimum Gasteiger partial charge on any atom is -0.480 e. The molecule has 3 nitrogen and oxygen atoms in total. The molecule has 0 aromatic carbocycles. The summed E-state index contributed by atoms with van der Waals surface area (Å²) in [6, 6.07) is 3.97. The summed E-state index contributed by atoms with van der Waals surface area (Å²) in [5, 5.41) is 9.26. The fourth-order valence-corrected chi connectivity index (χ4v) is 3.90. The Labute approximate surface area is 114 Å². The van der Waals surface area contributed by atoms with Gasteiger partial charge in [0.2, 0.25) is 0 Å². The summed E-state index contributed by atoms with van der Waals surface area (Å²) < 4.78 is 1.10. The van der Waals surface area contributed by atoms with Gasteiger partial charge in [0.05, 0.1) is 3.79 Å². The van der Waals surface area contributed by atoms with Crippen LogP contribution >= 0.6 is 27.3 Å². The third kappa shape index (κ3) is 2.89. The Morgan fingerprint density at radius 3 is 2.94 bits per heavy atom. The highest BCUT2D eigenvalue weighted by Crippen LogP contribution is 2.34. The van der Waals surface area contributed by atoms with Crippen LogP contribution in [0.1, 0.15) is 37.1 Å². The Balaban J connectivity index is 2.16. The zero-order valence-electron chi connectivity index (χ0n) is 9.73. The lowest BCUT2D eigenvalue weighted by molar-refractivity contribution is -0.145. The van der Waals surface area contributed by atoms with E-state index in [1.807, 2.05) is 6.07 Å². The molecule has 17 heavy (non-hydrogen) atoms. The number of hydrogen-bond donors (Lipinski definition) is 1. The first-order valence-electron chi connectivity index (χ1n) is 5.83. The predicted molar refractivity (Wildman–Crippen MR) is 72.4 cm³/mol. The van der Waals surface area contributed by atoms with Gasteiger partial charge in [0, 0.05) is 10.9 Å². The average molecular weight is 318 g/mol. The highest BCUT2D eigenvalue weighted by atomic mass is 79.9. The molecule has 1 fully saturated rings. The van der Waals surface area contributed by atoms with Crippen LogP contribution in [0.15, 0.2) is 15.9 Å². The summed E-state index contributed by atoms with van der Waals surface area (Å²) in [6.07, 6.45) is 2.89. The fraction of sp³-hybridized carbons (Fsp3) is 0.583. The Bertz CT molecular complexity index is 407. The second-order valence-corrected chi connectivity index (χ2v) is 6.90. The van der Waals surface area contributed by atoms with E-state index in [-0.39, 0.29) is 12.1 Å². The van der Waals surface area contributed by atoms with Gasteiger partial charge in [0.15, 0.2) is 0 Å². The molecule has 1 aliphatic heterocycles. The highest BCUT2D eigenvalue weighted by molar-refractivity contribution is 9.11. The van der Waals surface area contributed by atoms with E-state index in [9.17, 15) is 9.90 Å². The van der Waals surface area contributed by atoms with E-state index in [2.05, 4.69) is 33.8 Å². The van der Waals surface area contributed by atoms with Crippen LogP contribution < -0.4 is 0 Å². The van der Waals surface area contributed by atoms with Gasteiger partial charge < -0.3 is 5.11 Å². The quantitative estimate of drug-likeness (QED) is 0.927. The molecule has 94 valence electrons. The number of piperidine rings is 1. The molecule has 5 heteroatoms. The second kappa shape index (κ2) is 5.50. The van der Waals surface area contributed by atoms with E-state index in [0.717, 1.165) is 29.6 Å². The van der Waals surface area contributed by atoms with Crippen LogP contribution in [-0.2, 0) is 4.79 Å². The minimum absolute atomic E-state index is 0.188. The van der Waals surface area contributed by atoms with Crippen LogP contribution in [0.5, 0.6) is 0 Å². The second-order valence-electron chi connectivity index (χ2n) is 4.41. The van der Waals surface area contributed by atoms with Crippen molar-refractivity contribution in [3.63, 3.8) is 0 Å². The van der Waals surface area contributed by atoms with Crippen molar-refractivity contribution in [1.82, 2.24) is 4.90 Å². The van der Waals surface area contributed by atoms with Gasteiger partial charge in [0.25, 0.3) is 0 Å². The summed E-state index contributed by atoms with van der Waals surface area (Å²) in [6.45, 7) is 2.98. The molecule has 0 saturated carbocycles. The van der Waals surface area contributed by atoms with E-state index in [1.165, 1.54) is 4.88 Å². The van der Waals surface area contributed by atoms with Gasteiger partial charge >= 0.3 is 5.97 Å². The molecule has 0 radical (unpaired) electrons. The Morgan fingerprint density at radius 2 is 2.35 bits per heavy atom. The minimum atomic E-state index is -0.688. The van der Waals surface area contributed by atoms with E-state index in [4.69, 9.17) is 0 Å². The molecule has 2 heterocycles. The van der Waals surface area contributed by atoms with E-state index >= 15 is 0 Å². The Morgan fingerprint density at radius 1 is 1.59 bits per heavy atom. The van der Waals surface area contributed by atoms with Crippen LogP contribution in [-0.4, -0.2) is 28.6 Å². The molecular weight excluding hydrogens is 302 g/mol. The summed E-state index contributed by atoms with van der Waals surface area (Å²) >= 11 is 5.14. The Hall–Kier alpha value is -0.390. The first-order chi connectivity index (χ1) is 8.09. The number of hydrogen-bond acceptors (Lipinski definition) is 3. The van der Waals surface area contributed by atoms with Crippen molar-refractivity contribution in [2.45, 2.75) is 38.3 Å². The maximum absolute atomic E-state index is 11.3. The summed E-state index contributed by atoms with van der Waals surface area (Å²) in [5.41, 5.74) is 0. The van der Waals surface area contributed by atoms with E-state index < -0.39 is 5.97 Å². The first kappa shape index (κ1) is 13.1. The molecule has 1 saturated heterocycles. The van der Waals surface area contributed by atoms with Crippen molar-refractivity contribution in [3.05, 3.63) is 20.8 Å². The molecule has 1 aromatic rings. The van der Waals surface area contributed by atoms with Crippen molar-refractivity contribution >= 4 is 33.2 Å². The molecule has 0 amide bonds. The summed E-state index contributed by atoms with van der Waals surface area (Å²) in [4.78, 5) is 14.6. The molecule has 2 unspecified atom stereocenters. The van der Waals surface area contributed by atoms with Crippen molar-refractivity contribution in [2.24, 2.45) is 0 Å². The summed E-state index contributed by atoms with van der Waals surface area (Å²) in [7, 11) is 0. The maximum atomic E-state index is 11.3. The number of thiophene rings is 1. The monoisotopic (exact) mass is 317 g/mol. The normalized spacial score (nSPS) is 23.5. The number of carbonyl (C=O) groups is 1. The Kier molecular flexibility index (Phi) is 4.22. The number of likely N-dealkylation sites (tertiary alicyclic amines) is 1. The maximum Gasteiger partial charge on any atom is 0.320 e. The molecule has 1 aromatic heterocycles. The molecular formula is C12H16BrNO2S. The number of carboxylic acids is 1. The molecule has 1 aliphatic rings.